The monoisotopic (exact) mass is 513 g/mol. The average Bonchev–Trinajstić information content (AvgIpc) is 3.18. The lowest BCUT2D eigenvalue weighted by molar-refractivity contribution is 0.0135. The molecular formula is C29H37F2N3O3. The molecule has 1 aromatic carbocycles. The van der Waals surface area contributed by atoms with Crippen LogP contribution in [0, 0.1) is 19.8 Å². The van der Waals surface area contributed by atoms with Gasteiger partial charge in [0.2, 0.25) is 0 Å². The third-order valence-electron chi connectivity index (χ3n) is 8.09. The third-order valence-corrected chi connectivity index (χ3v) is 8.09. The number of aryl methyl sites for hydroxylation is 1. The number of carbonyl (C=O) groups is 1. The molecule has 3 aromatic rings. The highest BCUT2D eigenvalue weighted by Gasteiger charge is 2.32. The molecule has 1 N–H and O–H groups in total. The van der Waals surface area contributed by atoms with Crippen molar-refractivity contribution in [1.82, 2.24) is 14.5 Å². The molecular weight excluding hydrogens is 476 g/mol. The molecule has 1 aliphatic rings. The molecule has 1 fully saturated rings. The number of ether oxygens (including phenoxy) is 1. The summed E-state index contributed by atoms with van der Waals surface area (Å²) in [5, 5.41) is 0.908. The second-order valence-electron chi connectivity index (χ2n) is 10.3. The molecule has 0 spiro atoms. The van der Waals surface area contributed by atoms with Crippen molar-refractivity contribution < 1.29 is 18.3 Å². The van der Waals surface area contributed by atoms with E-state index in [-0.39, 0.29) is 30.2 Å². The Bertz CT molecular complexity index is 1320. The molecule has 0 amide bonds. The summed E-state index contributed by atoms with van der Waals surface area (Å²) in [4.78, 5) is 30.8. The predicted molar refractivity (Wildman–Crippen MR) is 142 cm³/mol. The Labute approximate surface area is 216 Å². The van der Waals surface area contributed by atoms with E-state index in [1.165, 1.54) is 7.11 Å². The van der Waals surface area contributed by atoms with Gasteiger partial charge in [-0.1, -0.05) is 18.2 Å². The van der Waals surface area contributed by atoms with E-state index in [9.17, 15) is 18.4 Å². The Kier molecular flexibility index (Phi) is 8.17. The van der Waals surface area contributed by atoms with Crippen LogP contribution in [0.3, 0.4) is 0 Å². The SMILES string of the molecule is COc1cc(C)[nH]c(=O)c1CCC(=O)c1c(C)n([C@H](C)C2CCN(C(C)C(F)F)CC2)c2ccccc12. The fraction of sp³-hybridized carbons (Fsp3) is 0.517. The maximum atomic E-state index is 13.6. The number of carbonyl (C=O) groups excluding carboxylic acids is 1. The van der Waals surface area contributed by atoms with Gasteiger partial charge in [-0.25, -0.2) is 8.78 Å². The van der Waals surface area contributed by atoms with Gasteiger partial charge in [0.25, 0.3) is 12.0 Å². The molecule has 0 saturated carbocycles. The van der Waals surface area contributed by atoms with Gasteiger partial charge < -0.3 is 14.3 Å². The van der Waals surface area contributed by atoms with Gasteiger partial charge in [0.05, 0.1) is 18.7 Å². The summed E-state index contributed by atoms with van der Waals surface area (Å²) in [6.07, 6.45) is -0.191. The Balaban J connectivity index is 1.59. The zero-order valence-corrected chi connectivity index (χ0v) is 22.3. The fourth-order valence-corrected chi connectivity index (χ4v) is 5.92. The van der Waals surface area contributed by atoms with Crippen molar-refractivity contribution in [2.45, 2.75) is 71.9 Å². The summed E-state index contributed by atoms with van der Waals surface area (Å²) in [6, 6.07) is 9.09. The zero-order valence-electron chi connectivity index (χ0n) is 22.3. The van der Waals surface area contributed by atoms with Crippen LogP contribution in [0.15, 0.2) is 35.1 Å². The van der Waals surface area contributed by atoms with Gasteiger partial charge >= 0.3 is 0 Å². The van der Waals surface area contributed by atoms with Gasteiger partial charge in [-0.15, -0.1) is 0 Å². The minimum atomic E-state index is -2.34. The number of ketones is 1. The topological polar surface area (TPSA) is 67.3 Å². The summed E-state index contributed by atoms with van der Waals surface area (Å²) >= 11 is 0. The van der Waals surface area contributed by atoms with Crippen molar-refractivity contribution in [2.75, 3.05) is 20.2 Å². The first-order valence-electron chi connectivity index (χ1n) is 13.1. The number of fused-ring (bicyclic) bond motifs is 1. The lowest BCUT2D eigenvalue weighted by Gasteiger charge is -2.38. The molecule has 1 saturated heterocycles. The van der Waals surface area contributed by atoms with Gasteiger partial charge in [0.15, 0.2) is 5.78 Å². The van der Waals surface area contributed by atoms with Crippen molar-refractivity contribution in [3.05, 3.63) is 63.2 Å². The molecule has 3 heterocycles. The van der Waals surface area contributed by atoms with E-state index in [1.807, 2.05) is 36.1 Å². The van der Waals surface area contributed by atoms with Crippen LogP contribution in [-0.2, 0) is 6.42 Å². The second-order valence-corrected chi connectivity index (χ2v) is 10.3. The standard InChI is InChI=1S/C29H37F2N3O3/c1-17-16-26(37-5)23(29(36)32-17)10-11-25(35)27-19(3)34(24-9-7-6-8-22(24)27)18(2)21-12-14-33(15-13-21)20(4)28(30)31/h6-9,16,18,20-21,28H,10-15H2,1-5H3,(H,32,36)/t18-,20?/m1/s1. The van der Waals surface area contributed by atoms with Crippen LogP contribution in [0.4, 0.5) is 8.78 Å². The Morgan fingerprint density at radius 1 is 1.16 bits per heavy atom. The van der Waals surface area contributed by atoms with Crippen LogP contribution in [0.2, 0.25) is 0 Å². The van der Waals surface area contributed by atoms with E-state index >= 15 is 0 Å². The lowest BCUT2D eigenvalue weighted by atomic mass is 9.89. The Hall–Kier alpha value is -3.00. The van der Waals surface area contributed by atoms with Crippen LogP contribution in [-0.4, -0.2) is 52.9 Å². The number of pyridine rings is 1. The van der Waals surface area contributed by atoms with E-state index in [4.69, 9.17) is 4.74 Å². The number of halogens is 2. The minimum absolute atomic E-state index is 0.0118. The highest BCUT2D eigenvalue weighted by molar-refractivity contribution is 6.09. The summed E-state index contributed by atoms with van der Waals surface area (Å²) in [5.41, 5.74) is 3.55. The number of nitrogens with zero attached hydrogens (tertiary/aromatic N) is 2. The molecule has 2 atom stereocenters. The van der Waals surface area contributed by atoms with Gasteiger partial charge in [-0.05, 0) is 78.1 Å². The smallest absolute Gasteiger partial charge is 0.255 e. The molecule has 8 heteroatoms. The molecule has 1 aliphatic heterocycles. The van der Waals surface area contributed by atoms with E-state index in [0.29, 0.717) is 41.6 Å². The minimum Gasteiger partial charge on any atom is -0.496 e. The molecule has 1 unspecified atom stereocenters. The molecule has 0 aliphatic carbocycles. The molecule has 2 aromatic heterocycles. The van der Waals surface area contributed by atoms with Crippen molar-refractivity contribution in [2.24, 2.45) is 5.92 Å². The van der Waals surface area contributed by atoms with E-state index in [2.05, 4.69) is 16.5 Å². The van der Waals surface area contributed by atoms with Crippen LogP contribution in [0.5, 0.6) is 5.75 Å². The largest absolute Gasteiger partial charge is 0.496 e. The molecule has 6 nitrogen and oxygen atoms in total. The lowest BCUT2D eigenvalue weighted by Crippen LogP contribution is -2.44. The summed E-state index contributed by atoms with van der Waals surface area (Å²) < 4.78 is 34.0. The molecule has 0 radical (unpaired) electrons. The fourth-order valence-electron chi connectivity index (χ4n) is 5.92. The average molecular weight is 514 g/mol. The first-order valence-corrected chi connectivity index (χ1v) is 13.1. The molecule has 0 bridgehead atoms. The summed E-state index contributed by atoms with van der Waals surface area (Å²) in [5.74, 6) is 0.811. The quantitative estimate of drug-likeness (QED) is 0.373. The number of hydrogen-bond donors (Lipinski definition) is 1. The molecule has 37 heavy (non-hydrogen) atoms. The number of aromatic nitrogens is 2. The number of methoxy groups -OCH3 is 1. The van der Waals surface area contributed by atoms with Crippen LogP contribution >= 0.6 is 0 Å². The normalized spacial score (nSPS) is 16.9. The first kappa shape index (κ1) is 27.0. The highest BCUT2D eigenvalue weighted by atomic mass is 19.3. The number of rotatable bonds is 9. The number of para-hydroxylation sites is 1. The third kappa shape index (κ3) is 5.35. The maximum Gasteiger partial charge on any atom is 0.255 e. The summed E-state index contributed by atoms with van der Waals surface area (Å²) in [7, 11) is 1.53. The number of likely N-dealkylation sites (tertiary alicyclic amines) is 1. The predicted octanol–water partition coefficient (Wildman–Crippen LogP) is 5.70. The highest BCUT2D eigenvalue weighted by Crippen LogP contribution is 2.37. The first-order chi connectivity index (χ1) is 17.6. The van der Waals surface area contributed by atoms with Crippen molar-refractivity contribution in [1.29, 1.82) is 0 Å². The number of aromatic amines is 1. The maximum absolute atomic E-state index is 13.6. The number of Topliss-reactive ketones (excluding diaryl/α,β-unsaturated/α-hetero) is 1. The van der Waals surface area contributed by atoms with Gasteiger partial charge in [0.1, 0.15) is 5.75 Å². The summed E-state index contributed by atoms with van der Waals surface area (Å²) in [6.45, 7) is 8.84. The second kappa shape index (κ2) is 11.2. The number of hydrogen-bond acceptors (Lipinski definition) is 4. The Morgan fingerprint density at radius 2 is 1.84 bits per heavy atom. The number of alkyl halides is 2. The number of H-pyrrole nitrogens is 1. The number of benzene rings is 1. The Morgan fingerprint density at radius 3 is 2.49 bits per heavy atom. The van der Waals surface area contributed by atoms with Crippen LogP contribution < -0.4 is 10.3 Å². The zero-order chi connectivity index (χ0) is 26.9. The van der Waals surface area contributed by atoms with E-state index < -0.39 is 12.5 Å². The number of piperidine rings is 1. The van der Waals surface area contributed by atoms with E-state index in [0.717, 1.165) is 29.4 Å². The van der Waals surface area contributed by atoms with Crippen molar-refractivity contribution >= 4 is 16.7 Å². The molecule has 200 valence electrons. The van der Waals surface area contributed by atoms with Gasteiger partial charge in [0, 0.05) is 40.3 Å². The molecule has 4 rings (SSSR count). The van der Waals surface area contributed by atoms with Gasteiger partial charge in [-0.2, -0.15) is 0 Å². The number of nitrogens with one attached hydrogen (secondary N) is 1. The van der Waals surface area contributed by atoms with Gasteiger partial charge in [-0.3, -0.25) is 14.5 Å². The van der Waals surface area contributed by atoms with Crippen molar-refractivity contribution in [3.8, 4) is 5.75 Å². The van der Waals surface area contributed by atoms with Crippen LogP contribution in [0.1, 0.15) is 66.5 Å². The van der Waals surface area contributed by atoms with Crippen LogP contribution in [0.25, 0.3) is 10.9 Å². The van der Waals surface area contributed by atoms with E-state index in [1.54, 1.807) is 19.9 Å². The van der Waals surface area contributed by atoms with Crippen molar-refractivity contribution in [3.63, 3.8) is 0 Å².